The summed E-state index contributed by atoms with van der Waals surface area (Å²) in [5.74, 6) is 6.58. The van der Waals surface area contributed by atoms with Crippen LogP contribution in [0.1, 0.15) is 181 Å². The third-order valence-electron chi connectivity index (χ3n) is 15.3. The van der Waals surface area contributed by atoms with Gasteiger partial charge >= 0.3 is 0 Å². The molecule has 7 atom stereocenters. The Hall–Kier alpha value is -2.02. The summed E-state index contributed by atoms with van der Waals surface area (Å²) in [6.07, 6.45) is 51.6. The summed E-state index contributed by atoms with van der Waals surface area (Å²) in [5.41, 5.74) is 10.2. The van der Waals surface area contributed by atoms with E-state index in [1.165, 1.54) is 161 Å². The van der Waals surface area contributed by atoms with Crippen molar-refractivity contribution in [3.63, 3.8) is 0 Å². The topological polar surface area (TPSA) is 12.0 Å². The summed E-state index contributed by atoms with van der Waals surface area (Å²) < 4.78 is 0. The van der Waals surface area contributed by atoms with Crippen LogP contribution in [0.2, 0.25) is 0 Å². The molecule has 6 unspecified atom stereocenters. The standard InChI is InChI=1S/C51H79N/c1-5-7-19-40(18-6-2)44-26-15-27-45(36-44)46(37-52-51-31-17-25-43-23-12-14-29-49(43)51)34-32-38(3)39(4)33-35-48(41-20-9-8-10-21-41)50-30-16-24-42-22-11-13-28-47(42)50/h5,7,19,24-26,32,39-41,45-48,50,52H,1,6,8-18,20-23,27-31,33-37H2,2-4H3/b19-7-,38-32+/t39?,40?,45-,46?,47?,48?,50?/m0/s1. The zero-order valence-electron chi connectivity index (χ0n) is 34.3. The van der Waals surface area contributed by atoms with Gasteiger partial charge in [0, 0.05) is 12.2 Å². The molecule has 0 aromatic carbocycles. The van der Waals surface area contributed by atoms with E-state index < -0.39 is 0 Å². The normalized spacial score (nSPS) is 28.6. The number of fused-ring (bicyclic) bond motifs is 2. The fourth-order valence-electron chi connectivity index (χ4n) is 12.1. The van der Waals surface area contributed by atoms with E-state index >= 15 is 0 Å². The summed E-state index contributed by atoms with van der Waals surface area (Å²) in [6.45, 7) is 12.6. The highest BCUT2D eigenvalue weighted by Gasteiger charge is 2.38. The van der Waals surface area contributed by atoms with Gasteiger partial charge < -0.3 is 5.32 Å². The van der Waals surface area contributed by atoms with Crippen LogP contribution in [-0.2, 0) is 0 Å². The van der Waals surface area contributed by atoms with Gasteiger partial charge in [0.05, 0.1) is 0 Å². The molecular weight excluding hydrogens is 627 g/mol. The molecule has 3 saturated carbocycles. The number of hydrogen-bond donors (Lipinski definition) is 1. The van der Waals surface area contributed by atoms with Crippen molar-refractivity contribution in [2.45, 2.75) is 181 Å². The van der Waals surface area contributed by atoms with Gasteiger partial charge in [0.15, 0.2) is 0 Å². The van der Waals surface area contributed by atoms with Gasteiger partial charge in [-0.05, 0) is 181 Å². The minimum atomic E-state index is 0.580. The Morgan fingerprint density at radius 3 is 2.48 bits per heavy atom. The van der Waals surface area contributed by atoms with Crippen LogP contribution < -0.4 is 5.32 Å². The van der Waals surface area contributed by atoms with E-state index in [-0.39, 0.29) is 0 Å². The van der Waals surface area contributed by atoms with Crippen LogP contribution in [0.15, 0.2) is 82.7 Å². The number of hydrogen-bond acceptors (Lipinski definition) is 1. The highest BCUT2D eigenvalue weighted by molar-refractivity contribution is 5.39. The van der Waals surface area contributed by atoms with Crippen molar-refractivity contribution in [3.05, 3.63) is 82.7 Å². The van der Waals surface area contributed by atoms with E-state index in [1.54, 1.807) is 28.0 Å². The van der Waals surface area contributed by atoms with Crippen LogP contribution in [0.5, 0.6) is 0 Å². The summed E-state index contributed by atoms with van der Waals surface area (Å²) in [4.78, 5) is 0. The summed E-state index contributed by atoms with van der Waals surface area (Å²) in [7, 11) is 0. The van der Waals surface area contributed by atoms with Crippen LogP contribution in [0.25, 0.3) is 0 Å². The Morgan fingerprint density at radius 2 is 1.63 bits per heavy atom. The second-order valence-corrected chi connectivity index (χ2v) is 18.5. The fraction of sp³-hybridized carbons (Fsp3) is 0.725. The summed E-state index contributed by atoms with van der Waals surface area (Å²) in [6, 6.07) is 0. The molecule has 0 heterocycles. The van der Waals surface area contributed by atoms with E-state index in [4.69, 9.17) is 0 Å². The number of nitrogens with one attached hydrogen (secondary N) is 1. The van der Waals surface area contributed by atoms with Crippen molar-refractivity contribution in [2.75, 3.05) is 6.54 Å². The average Bonchev–Trinajstić information content (AvgIpc) is 3.20. The molecule has 0 aliphatic heterocycles. The van der Waals surface area contributed by atoms with Crippen molar-refractivity contribution >= 4 is 0 Å². The molecule has 0 radical (unpaired) electrons. The van der Waals surface area contributed by atoms with Gasteiger partial charge in [-0.15, -0.1) is 0 Å². The molecule has 0 aromatic rings. The maximum Gasteiger partial charge on any atom is 0.0178 e. The molecule has 0 aromatic heterocycles. The second kappa shape index (κ2) is 20.6. The monoisotopic (exact) mass is 706 g/mol. The lowest BCUT2D eigenvalue weighted by Gasteiger charge is -2.44. The molecule has 1 heteroatoms. The molecule has 0 spiro atoms. The largest absolute Gasteiger partial charge is 0.388 e. The van der Waals surface area contributed by atoms with Crippen LogP contribution in [0.3, 0.4) is 0 Å². The van der Waals surface area contributed by atoms with Crippen LogP contribution in [0.4, 0.5) is 0 Å². The van der Waals surface area contributed by atoms with E-state index in [2.05, 4.69) is 69.1 Å². The first-order valence-electron chi connectivity index (χ1n) is 23.0. The molecule has 288 valence electrons. The van der Waals surface area contributed by atoms with Crippen molar-refractivity contribution in [1.82, 2.24) is 5.32 Å². The molecule has 3 fully saturated rings. The van der Waals surface area contributed by atoms with Gasteiger partial charge in [-0.1, -0.05) is 125 Å². The maximum absolute atomic E-state index is 4.17. The molecule has 52 heavy (non-hydrogen) atoms. The average molecular weight is 706 g/mol. The minimum absolute atomic E-state index is 0.580. The molecule has 6 aliphatic rings. The lowest BCUT2D eigenvalue weighted by atomic mass is 9.61. The van der Waals surface area contributed by atoms with Gasteiger partial charge in [-0.3, -0.25) is 0 Å². The lowest BCUT2D eigenvalue weighted by Crippen LogP contribution is -2.34. The minimum Gasteiger partial charge on any atom is -0.388 e. The zero-order chi connectivity index (χ0) is 36.1. The fourth-order valence-corrected chi connectivity index (χ4v) is 12.1. The quantitative estimate of drug-likeness (QED) is 0.117. The Labute approximate surface area is 322 Å². The highest BCUT2D eigenvalue weighted by atomic mass is 14.9. The second-order valence-electron chi connectivity index (χ2n) is 18.5. The third kappa shape index (κ3) is 10.6. The maximum atomic E-state index is 4.17. The third-order valence-corrected chi connectivity index (χ3v) is 15.3. The van der Waals surface area contributed by atoms with Crippen molar-refractivity contribution in [1.29, 1.82) is 0 Å². The van der Waals surface area contributed by atoms with Gasteiger partial charge in [0.25, 0.3) is 0 Å². The van der Waals surface area contributed by atoms with E-state index in [1.807, 2.05) is 11.6 Å². The smallest absolute Gasteiger partial charge is 0.0178 e. The molecule has 6 aliphatic carbocycles. The SMILES string of the molecule is C=C/C=C\C(CCC)C1=CCC[C@H](C(C/C=C(\C)C(C)CCC(C2CCCCC2)C2CCC=C3CCCCC32)CNC2=C3CCCCC3=CCC2)C1. The van der Waals surface area contributed by atoms with Crippen LogP contribution in [0, 0.1) is 47.3 Å². The molecule has 1 N–H and O–H groups in total. The Balaban J connectivity index is 1.14. The highest BCUT2D eigenvalue weighted by Crippen LogP contribution is 2.49. The van der Waals surface area contributed by atoms with Crippen LogP contribution >= 0.6 is 0 Å². The van der Waals surface area contributed by atoms with Gasteiger partial charge in [-0.2, -0.15) is 0 Å². The molecule has 0 bridgehead atoms. The molecule has 0 saturated heterocycles. The molecule has 0 amide bonds. The first-order chi connectivity index (χ1) is 25.6. The van der Waals surface area contributed by atoms with Gasteiger partial charge in [-0.25, -0.2) is 0 Å². The van der Waals surface area contributed by atoms with E-state index in [0.717, 1.165) is 36.1 Å². The predicted octanol–water partition coefficient (Wildman–Crippen LogP) is 15.1. The van der Waals surface area contributed by atoms with E-state index in [0.29, 0.717) is 17.8 Å². The Bertz CT molecular complexity index is 1320. The van der Waals surface area contributed by atoms with E-state index in [9.17, 15) is 0 Å². The first-order valence-corrected chi connectivity index (χ1v) is 23.0. The van der Waals surface area contributed by atoms with Gasteiger partial charge in [0.2, 0.25) is 0 Å². The van der Waals surface area contributed by atoms with Gasteiger partial charge in [0.1, 0.15) is 0 Å². The Kier molecular flexibility index (Phi) is 15.7. The zero-order valence-corrected chi connectivity index (χ0v) is 34.3. The van der Waals surface area contributed by atoms with Crippen molar-refractivity contribution < 1.29 is 0 Å². The number of rotatable bonds is 17. The molecule has 1 nitrogen and oxygen atoms in total. The summed E-state index contributed by atoms with van der Waals surface area (Å²) >= 11 is 0. The number of allylic oxidation sites excluding steroid dienone is 13. The van der Waals surface area contributed by atoms with Crippen molar-refractivity contribution in [2.24, 2.45) is 47.3 Å². The molecule has 6 rings (SSSR count). The van der Waals surface area contributed by atoms with Crippen molar-refractivity contribution in [3.8, 4) is 0 Å². The molecular formula is C51H79N. The van der Waals surface area contributed by atoms with Crippen LogP contribution in [-0.4, -0.2) is 6.54 Å². The Morgan fingerprint density at radius 1 is 0.827 bits per heavy atom. The lowest BCUT2D eigenvalue weighted by molar-refractivity contribution is 0.104. The summed E-state index contributed by atoms with van der Waals surface area (Å²) in [5, 5.41) is 4.17. The first kappa shape index (κ1) is 39.7. The predicted molar refractivity (Wildman–Crippen MR) is 227 cm³/mol.